The summed E-state index contributed by atoms with van der Waals surface area (Å²) in [7, 11) is 0. The average Bonchev–Trinajstić information content (AvgIpc) is 2.77. The second-order valence-electron chi connectivity index (χ2n) is 5.70. The van der Waals surface area contributed by atoms with Gasteiger partial charge in [0.05, 0.1) is 6.61 Å². The lowest BCUT2D eigenvalue weighted by Crippen LogP contribution is -2.32. The van der Waals surface area contributed by atoms with Crippen LogP contribution in [0.3, 0.4) is 0 Å². The van der Waals surface area contributed by atoms with Crippen LogP contribution in [0.4, 0.5) is 0 Å². The van der Waals surface area contributed by atoms with Crippen molar-refractivity contribution in [2.45, 2.75) is 95.8 Å². The SMILES string of the molecule is CCCCCCOC1(CCCCCC)CCC(Cl)O1. The molecule has 2 unspecified atom stereocenters. The van der Waals surface area contributed by atoms with E-state index in [0.717, 1.165) is 32.3 Å². The summed E-state index contributed by atoms with van der Waals surface area (Å²) in [5.74, 6) is -0.369. The maximum Gasteiger partial charge on any atom is 0.170 e. The molecule has 1 aliphatic rings. The lowest BCUT2D eigenvalue weighted by Gasteiger charge is -2.29. The van der Waals surface area contributed by atoms with Crippen LogP contribution in [0.5, 0.6) is 0 Å². The van der Waals surface area contributed by atoms with E-state index in [1.807, 2.05) is 0 Å². The van der Waals surface area contributed by atoms with E-state index < -0.39 is 0 Å². The molecule has 2 atom stereocenters. The lowest BCUT2D eigenvalue weighted by atomic mass is 10.0. The van der Waals surface area contributed by atoms with Gasteiger partial charge in [0.2, 0.25) is 0 Å². The van der Waals surface area contributed by atoms with Gasteiger partial charge in [-0.2, -0.15) is 0 Å². The largest absolute Gasteiger partial charge is 0.350 e. The van der Waals surface area contributed by atoms with Crippen LogP contribution in [-0.2, 0) is 9.47 Å². The normalized spacial score (nSPS) is 27.0. The van der Waals surface area contributed by atoms with Crippen molar-refractivity contribution in [3.05, 3.63) is 0 Å². The number of unbranched alkanes of at least 4 members (excludes halogenated alkanes) is 6. The van der Waals surface area contributed by atoms with Crippen molar-refractivity contribution in [3.8, 4) is 0 Å². The van der Waals surface area contributed by atoms with Gasteiger partial charge >= 0.3 is 0 Å². The second-order valence-corrected chi connectivity index (χ2v) is 6.18. The van der Waals surface area contributed by atoms with Crippen molar-refractivity contribution in [2.75, 3.05) is 6.61 Å². The summed E-state index contributed by atoms with van der Waals surface area (Å²) < 4.78 is 12.0. The number of halogens is 1. The van der Waals surface area contributed by atoms with Gasteiger partial charge in [0.15, 0.2) is 5.79 Å². The van der Waals surface area contributed by atoms with E-state index in [9.17, 15) is 0 Å². The standard InChI is InChI=1S/C16H31ClO2/c1-3-5-7-9-12-16(13-11-15(17)19-16)18-14-10-8-6-4-2/h15H,3-14H2,1-2H3. The molecule has 0 radical (unpaired) electrons. The fourth-order valence-electron chi connectivity index (χ4n) is 2.65. The molecule has 1 saturated heterocycles. The van der Waals surface area contributed by atoms with Gasteiger partial charge in [-0.25, -0.2) is 0 Å². The van der Waals surface area contributed by atoms with Crippen LogP contribution in [0, 0.1) is 0 Å². The summed E-state index contributed by atoms with van der Waals surface area (Å²) in [6.07, 6.45) is 12.9. The van der Waals surface area contributed by atoms with Crippen LogP contribution in [-0.4, -0.2) is 18.0 Å². The molecule has 0 spiro atoms. The zero-order valence-electron chi connectivity index (χ0n) is 12.8. The molecule has 0 bridgehead atoms. The number of alkyl halides is 1. The number of hydrogen-bond acceptors (Lipinski definition) is 2. The Labute approximate surface area is 124 Å². The van der Waals surface area contributed by atoms with Gasteiger partial charge in [0, 0.05) is 12.8 Å². The Kier molecular flexibility index (Phi) is 9.10. The van der Waals surface area contributed by atoms with Gasteiger partial charge in [-0.15, -0.1) is 0 Å². The van der Waals surface area contributed by atoms with E-state index in [2.05, 4.69) is 13.8 Å². The predicted molar refractivity (Wildman–Crippen MR) is 81.5 cm³/mol. The Balaban J connectivity index is 2.25. The van der Waals surface area contributed by atoms with Crippen LogP contribution in [0.15, 0.2) is 0 Å². The molecule has 2 nitrogen and oxygen atoms in total. The summed E-state index contributed by atoms with van der Waals surface area (Å²) in [6, 6.07) is 0. The molecule has 3 heteroatoms. The van der Waals surface area contributed by atoms with Crippen molar-refractivity contribution in [2.24, 2.45) is 0 Å². The summed E-state index contributed by atoms with van der Waals surface area (Å²) in [6.45, 7) is 5.28. The fourth-order valence-corrected chi connectivity index (χ4v) is 2.93. The monoisotopic (exact) mass is 290 g/mol. The zero-order valence-corrected chi connectivity index (χ0v) is 13.5. The minimum atomic E-state index is -0.369. The van der Waals surface area contributed by atoms with Gasteiger partial charge in [-0.1, -0.05) is 64.0 Å². The Morgan fingerprint density at radius 2 is 1.74 bits per heavy atom. The summed E-state index contributed by atoms with van der Waals surface area (Å²) in [5, 5.41) is 0. The molecule has 1 fully saturated rings. The highest BCUT2D eigenvalue weighted by Gasteiger charge is 2.39. The first-order valence-electron chi connectivity index (χ1n) is 8.18. The van der Waals surface area contributed by atoms with Gasteiger partial charge in [0.25, 0.3) is 0 Å². The summed E-state index contributed by atoms with van der Waals surface area (Å²) >= 11 is 6.10. The topological polar surface area (TPSA) is 18.5 Å². The molecular formula is C16H31ClO2. The summed E-state index contributed by atoms with van der Waals surface area (Å²) in [4.78, 5) is 0. The third-order valence-corrected chi connectivity index (χ3v) is 4.18. The van der Waals surface area contributed by atoms with Crippen molar-refractivity contribution >= 4 is 11.6 Å². The average molecular weight is 291 g/mol. The molecule has 1 aliphatic heterocycles. The zero-order chi connectivity index (χ0) is 14.0. The number of rotatable bonds is 11. The van der Waals surface area contributed by atoms with E-state index in [4.69, 9.17) is 21.1 Å². The maximum atomic E-state index is 6.10. The molecule has 0 aromatic rings. The second kappa shape index (κ2) is 10.0. The molecule has 1 heterocycles. The molecular weight excluding hydrogens is 260 g/mol. The van der Waals surface area contributed by atoms with Crippen molar-refractivity contribution in [3.63, 3.8) is 0 Å². The van der Waals surface area contributed by atoms with E-state index in [1.165, 1.54) is 44.9 Å². The minimum Gasteiger partial charge on any atom is -0.350 e. The first-order valence-corrected chi connectivity index (χ1v) is 8.62. The van der Waals surface area contributed by atoms with Gasteiger partial charge < -0.3 is 9.47 Å². The van der Waals surface area contributed by atoms with Crippen molar-refractivity contribution < 1.29 is 9.47 Å². The smallest absolute Gasteiger partial charge is 0.170 e. The Bertz CT molecular complexity index is 223. The Hall–Kier alpha value is 0.210. The third-order valence-electron chi connectivity index (χ3n) is 3.87. The lowest BCUT2D eigenvalue weighted by molar-refractivity contribution is -0.221. The Morgan fingerprint density at radius 1 is 1.05 bits per heavy atom. The van der Waals surface area contributed by atoms with Crippen LogP contribution in [0.1, 0.15) is 84.5 Å². The summed E-state index contributed by atoms with van der Waals surface area (Å²) in [5.41, 5.74) is -0.151. The molecule has 0 saturated carbocycles. The van der Waals surface area contributed by atoms with E-state index in [-0.39, 0.29) is 11.4 Å². The van der Waals surface area contributed by atoms with E-state index >= 15 is 0 Å². The van der Waals surface area contributed by atoms with Crippen LogP contribution in [0.2, 0.25) is 0 Å². The maximum absolute atomic E-state index is 6.10. The molecule has 0 aliphatic carbocycles. The number of hydrogen-bond donors (Lipinski definition) is 0. The molecule has 0 aromatic heterocycles. The van der Waals surface area contributed by atoms with Crippen LogP contribution in [0.25, 0.3) is 0 Å². The predicted octanol–water partition coefficient (Wildman–Crippen LogP) is 5.63. The number of ether oxygens (including phenoxy) is 2. The quantitative estimate of drug-likeness (QED) is 0.363. The van der Waals surface area contributed by atoms with Crippen LogP contribution < -0.4 is 0 Å². The van der Waals surface area contributed by atoms with E-state index in [0.29, 0.717) is 0 Å². The fraction of sp³-hybridized carbons (Fsp3) is 1.00. The first-order chi connectivity index (χ1) is 9.22. The van der Waals surface area contributed by atoms with Crippen molar-refractivity contribution in [1.82, 2.24) is 0 Å². The third kappa shape index (κ3) is 6.97. The van der Waals surface area contributed by atoms with Gasteiger partial charge in [0.1, 0.15) is 5.56 Å². The molecule has 114 valence electrons. The van der Waals surface area contributed by atoms with Gasteiger partial charge in [-0.3, -0.25) is 0 Å². The van der Waals surface area contributed by atoms with Crippen LogP contribution >= 0.6 is 11.6 Å². The highest BCUT2D eigenvalue weighted by molar-refractivity contribution is 6.19. The molecule has 0 aromatic carbocycles. The Morgan fingerprint density at radius 3 is 2.32 bits per heavy atom. The van der Waals surface area contributed by atoms with Gasteiger partial charge in [-0.05, 0) is 19.3 Å². The molecule has 1 rings (SSSR count). The highest BCUT2D eigenvalue weighted by atomic mass is 35.5. The minimum absolute atomic E-state index is 0.151. The molecule has 0 N–H and O–H groups in total. The first kappa shape index (κ1) is 17.3. The highest BCUT2D eigenvalue weighted by Crippen LogP contribution is 2.37. The van der Waals surface area contributed by atoms with Crippen molar-refractivity contribution in [1.29, 1.82) is 0 Å². The molecule has 0 amide bonds. The molecule has 19 heavy (non-hydrogen) atoms. The van der Waals surface area contributed by atoms with E-state index in [1.54, 1.807) is 0 Å².